The first kappa shape index (κ1) is 27.4. The van der Waals surface area contributed by atoms with Gasteiger partial charge in [0.05, 0.1) is 20.8 Å². The molecule has 0 amide bonds. The van der Waals surface area contributed by atoms with Gasteiger partial charge in [-0.15, -0.1) is 0 Å². The molecule has 5 aromatic rings. The average molecular weight is 585 g/mol. The van der Waals surface area contributed by atoms with E-state index in [-0.39, 0.29) is 22.2 Å². The van der Waals surface area contributed by atoms with E-state index in [9.17, 15) is 8.78 Å². The van der Waals surface area contributed by atoms with E-state index >= 15 is 0 Å². The number of halogens is 3. The van der Waals surface area contributed by atoms with Crippen LogP contribution in [0, 0.1) is 0 Å². The zero-order valence-electron chi connectivity index (χ0n) is 21.6. The summed E-state index contributed by atoms with van der Waals surface area (Å²) >= 11 is 7.65. The van der Waals surface area contributed by atoms with Crippen molar-refractivity contribution >= 4 is 40.7 Å². The molecule has 0 saturated heterocycles. The second-order valence-corrected chi connectivity index (χ2v) is 9.40. The van der Waals surface area contributed by atoms with Gasteiger partial charge >= 0.3 is 0 Å². The van der Waals surface area contributed by atoms with Crippen LogP contribution in [0.25, 0.3) is 28.5 Å². The zero-order chi connectivity index (χ0) is 28.2. The molecule has 0 fully saturated rings. The van der Waals surface area contributed by atoms with Gasteiger partial charge in [-0.05, 0) is 49.2 Å². The van der Waals surface area contributed by atoms with Gasteiger partial charge in [-0.2, -0.15) is 0 Å². The van der Waals surface area contributed by atoms with Gasteiger partial charge in [0, 0.05) is 16.5 Å². The fourth-order valence-corrected chi connectivity index (χ4v) is 4.78. The quantitative estimate of drug-likeness (QED) is 0.174. The highest BCUT2D eigenvalue weighted by atomic mass is 35.5. The molecule has 0 saturated carbocycles. The Hall–Kier alpha value is -4.16. The number of pyridine rings is 1. The summed E-state index contributed by atoms with van der Waals surface area (Å²) in [6, 6.07) is 16.6. The molecule has 0 bridgehead atoms. The van der Waals surface area contributed by atoms with E-state index in [1.54, 1.807) is 61.3 Å². The van der Waals surface area contributed by atoms with Crippen molar-refractivity contribution in [1.29, 1.82) is 0 Å². The fourth-order valence-electron chi connectivity index (χ4n) is 3.93. The van der Waals surface area contributed by atoms with Crippen LogP contribution in [0.1, 0.15) is 18.9 Å². The maximum absolute atomic E-state index is 12.9. The number of ether oxygens (including phenoxy) is 3. The van der Waals surface area contributed by atoms with Gasteiger partial charge in [0.1, 0.15) is 22.9 Å². The number of hydrogen-bond acceptors (Lipinski definition) is 9. The molecule has 1 N–H and O–H groups in total. The average Bonchev–Trinajstić information content (AvgIpc) is 3.33. The summed E-state index contributed by atoms with van der Waals surface area (Å²) in [6.45, 7) is 2.32. The number of nitrogens with one attached hydrogen (secondary N) is 1. The maximum Gasteiger partial charge on any atom is 0.263 e. The number of anilines is 1. The number of nitrogens with zero attached hydrogens (tertiary/aromatic N) is 5. The lowest BCUT2D eigenvalue weighted by molar-refractivity contribution is 0.151. The van der Waals surface area contributed by atoms with E-state index in [2.05, 4.69) is 14.7 Å². The Morgan fingerprint density at radius 3 is 2.27 bits per heavy atom. The monoisotopic (exact) mass is 584 g/mol. The molecule has 0 atom stereocenters. The van der Waals surface area contributed by atoms with E-state index in [1.165, 1.54) is 12.1 Å². The second-order valence-electron chi connectivity index (χ2n) is 8.16. The molecular weight excluding hydrogens is 562 g/mol. The van der Waals surface area contributed by atoms with Crippen LogP contribution in [0.15, 0.2) is 65.6 Å². The summed E-state index contributed by atoms with van der Waals surface area (Å²) in [4.78, 5) is 19.3. The van der Waals surface area contributed by atoms with Crippen molar-refractivity contribution in [3.63, 3.8) is 0 Å². The Bertz CT molecular complexity index is 1630. The number of benzene rings is 2. The summed E-state index contributed by atoms with van der Waals surface area (Å²) in [6.07, 6.45) is -2.54. The molecule has 0 aliphatic carbocycles. The summed E-state index contributed by atoms with van der Waals surface area (Å²) < 4.78 is 47.6. The highest BCUT2D eigenvalue weighted by Crippen LogP contribution is 2.39. The van der Waals surface area contributed by atoms with Gasteiger partial charge in [0.15, 0.2) is 28.1 Å². The third-order valence-electron chi connectivity index (χ3n) is 5.72. The summed E-state index contributed by atoms with van der Waals surface area (Å²) in [5.74, 6) is 2.08. The van der Waals surface area contributed by atoms with Crippen LogP contribution in [0.5, 0.6) is 17.4 Å². The topological polar surface area (TPSA) is 96.2 Å². The molecule has 0 aliphatic heterocycles. The Labute approximate surface area is 237 Å². The second kappa shape index (κ2) is 11.9. The molecule has 0 spiro atoms. The van der Waals surface area contributed by atoms with Gasteiger partial charge in [-0.25, -0.2) is 28.7 Å². The first-order chi connectivity index (χ1) is 19.4. The summed E-state index contributed by atoms with van der Waals surface area (Å²) in [7, 11) is 3.10. The molecular formula is C27H23ClF2N6O3S. The molecule has 0 aliphatic rings. The van der Waals surface area contributed by atoms with E-state index < -0.39 is 6.43 Å². The van der Waals surface area contributed by atoms with Crippen LogP contribution >= 0.6 is 23.5 Å². The Kier molecular flexibility index (Phi) is 8.17. The lowest BCUT2D eigenvalue weighted by Gasteiger charge is -2.16. The van der Waals surface area contributed by atoms with Crippen LogP contribution in [0.3, 0.4) is 0 Å². The Morgan fingerprint density at radius 1 is 0.925 bits per heavy atom. The van der Waals surface area contributed by atoms with Gasteiger partial charge in [0.25, 0.3) is 6.43 Å². The van der Waals surface area contributed by atoms with E-state index in [0.717, 1.165) is 11.9 Å². The summed E-state index contributed by atoms with van der Waals surface area (Å²) in [5.41, 5.74) is 1.58. The third kappa shape index (κ3) is 5.45. The number of methoxy groups -OCH3 is 2. The molecule has 0 radical (unpaired) electrons. The molecule has 3 heterocycles. The van der Waals surface area contributed by atoms with Crippen molar-refractivity contribution in [2.45, 2.75) is 18.2 Å². The molecule has 13 heteroatoms. The molecule has 40 heavy (non-hydrogen) atoms. The van der Waals surface area contributed by atoms with Gasteiger partial charge in [-0.1, -0.05) is 35.9 Å². The number of hydrogen-bond donors (Lipinski definition) is 1. The molecule has 0 unspecified atom stereocenters. The fraction of sp³-hybridized carbons (Fsp3) is 0.185. The van der Waals surface area contributed by atoms with Gasteiger partial charge in [-0.3, -0.25) is 4.57 Å². The van der Waals surface area contributed by atoms with Crippen molar-refractivity contribution in [3.05, 3.63) is 71.4 Å². The van der Waals surface area contributed by atoms with Gasteiger partial charge < -0.3 is 18.9 Å². The minimum Gasteiger partial charge on any atom is -0.494 e. The standard InChI is InChI=1S/C27H23ClF2N6O3S/c1-4-39-20-10-5-7-17(31-20)26-34-25-27(36(26)21-18(37-2)8-6-9-19(21)38-3)33-24(22(28)32-25)35-40-16-13-11-15(12-14-16)23(29)30/h5-14,23H,4H2,1-3H3,(H,33,35). The van der Waals surface area contributed by atoms with Crippen LogP contribution in [0.2, 0.25) is 5.15 Å². The minimum absolute atomic E-state index is 0.0622. The first-order valence-corrected chi connectivity index (χ1v) is 13.2. The first-order valence-electron chi connectivity index (χ1n) is 12.0. The normalized spacial score (nSPS) is 11.2. The highest BCUT2D eigenvalue weighted by Gasteiger charge is 2.25. The molecule has 206 valence electrons. The Morgan fingerprint density at radius 2 is 1.62 bits per heavy atom. The lowest BCUT2D eigenvalue weighted by Crippen LogP contribution is -2.06. The van der Waals surface area contributed by atoms with E-state index in [0.29, 0.717) is 51.7 Å². The smallest absolute Gasteiger partial charge is 0.263 e. The van der Waals surface area contributed by atoms with Crippen LogP contribution in [-0.2, 0) is 0 Å². The SMILES string of the molecule is CCOc1cccc(-c2nc3nc(Cl)c(NSc4ccc(C(F)F)cc4)nc3n2-c2c(OC)cccc2OC)n1. The van der Waals surface area contributed by atoms with Crippen molar-refractivity contribution in [2.24, 2.45) is 0 Å². The van der Waals surface area contributed by atoms with Crippen LogP contribution < -0.4 is 18.9 Å². The number of imidazole rings is 1. The largest absolute Gasteiger partial charge is 0.494 e. The number of rotatable bonds is 10. The molecule has 9 nitrogen and oxygen atoms in total. The summed E-state index contributed by atoms with van der Waals surface area (Å²) in [5, 5.41) is 0.0726. The molecule has 5 rings (SSSR count). The van der Waals surface area contributed by atoms with E-state index in [4.69, 9.17) is 35.8 Å². The predicted octanol–water partition coefficient (Wildman–Crippen LogP) is 7.00. The molecule has 2 aromatic carbocycles. The van der Waals surface area contributed by atoms with Crippen molar-refractivity contribution < 1.29 is 23.0 Å². The lowest BCUT2D eigenvalue weighted by atomic mass is 10.2. The zero-order valence-corrected chi connectivity index (χ0v) is 23.1. The van der Waals surface area contributed by atoms with Crippen molar-refractivity contribution in [3.8, 4) is 34.6 Å². The molecule has 3 aromatic heterocycles. The van der Waals surface area contributed by atoms with Gasteiger partial charge in [0.2, 0.25) is 5.88 Å². The van der Waals surface area contributed by atoms with Crippen LogP contribution in [-0.4, -0.2) is 45.3 Å². The number of fused-ring (bicyclic) bond motifs is 1. The minimum atomic E-state index is -2.54. The maximum atomic E-state index is 12.9. The van der Waals surface area contributed by atoms with E-state index in [1.807, 2.05) is 13.0 Å². The van der Waals surface area contributed by atoms with Crippen molar-refractivity contribution in [2.75, 3.05) is 25.5 Å². The number of aromatic nitrogens is 5. The third-order valence-corrected chi connectivity index (χ3v) is 6.79. The number of para-hydroxylation sites is 1. The predicted molar refractivity (Wildman–Crippen MR) is 150 cm³/mol. The van der Waals surface area contributed by atoms with Crippen LogP contribution in [0.4, 0.5) is 14.6 Å². The number of alkyl halides is 2. The Balaban J connectivity index is 1.66. The highest BCUT2D eigenvalue weighted by molar-refractivity contribution is 8.00. The van der Waals surface area contributed by atoms with Crippen molar-refractivity contribution in [1.82, 2.24) is 24.5 Å².